The van der Waals surface area contributed by atoms with Crippen LogP contribution < -0.4 is 16.0 Å². The molecule has 0 radical (unpaired) electrons. The molecular formula is C21H24Cl2FN3O3. The molecule has 1 saturated heterocycles. The lowest BCUT2D eigenvalue weighted by Gasteiger charge is -2.36. The number of amides is 4. The Hall–Kier alpha value is -1.86. The fourth-order valence-corrected chi connectivity index (χ4v) is 5.68. The maximum atomic E-state index is 14.9. The van der Waals surface area contributed by atoms with Crippen molar-refractivity contribution in [3.63, 3.8) is 0 Å². The highest BCUT2D eigenvalue weighted by Crippen LogP contribution is 2.50. The van der Waals surface area contributed by atoms with Crippen molar-refractivity contribution in [3.8, 4) is 0 Å². The highest BCUT2D eigenvalue weighted by molar-refractivity contribution is 6.42. The highest BCUT2D eigenvalue weighted by Gasteiger charge is 2.53. The van der Waals surface area contributed by atoms with E-state index < -0.39 is 35.3 Å². The standard InChI is InChI=1S/C21H24Cl2FN3O3/c1-20(7-2-3-8-20)16(14-13(24)5-4-12(22)15(14)23)25-17(28)11-6-9-21(10-11)18(29)26-19(30)27-21/h4-5,11,16H,2-3,6-10H2,1H3,(H,25,28)(H2,26,27,29,30). The summed E-state index contributed by atoms with van der Waals surface area (Å²) < 4.78 is 14.9. The van der Waals surface area contributed by atoms with Crippen LogP contribution in [0.2, 0.25) is 10.0 Å². The monoisotopic (exact) mass is 455 g/mol. The van der Waals surface area contributed by atoms with Crippen LogP contribution in [0.4, 0.5) is 9.18 Å². The van der Waals surface area contributed by atoms with Gasteiger partial charge in [-0.05, 0) is 49.7 Å². The third kappa shape index (κ3) is 3.56. The van der Waals surface area contributed by atoms with E-state index in [4.69, 9.17) is 23.2 Å². The van der Waals surface area contributed by atoms with E-state index in [-0.39, 0.29) is 33.4 Å². The zero-order valence-corrected chi connectivity index (χ0v) is 18.1. The van der Waals surface area contributed by atoms with Crippen molar-refractivity contribution in [2.75, 3.05) is 0 Å². The molecule has 4 rings (SSSR count). The predicted octanol–water partition coefficient (Wildman–Crippen LogP) is 4.25. The van der Waals surface area contributed by atoms with Crippen molar-refractivity contribution in [2.24, 2.45) is 11.3 Å². The maximum absolute atomic E-state index is 14.9. The maximum Gasteiger partial charge on any atom is 0.322 e. The van der Waals surface area contributed by atoms with Gasteiger partial charge in [-0.15, -0.1) is 0 Å². The zero-order chi connectivity index (χ0) is 21.7. The Labute approximate surface area is 184 Å². The second kappa shape index (κ2) is 7.68. The lowest BCUT2D eigenvalue weighted by molar-refractivity contribution is -0.127. The molecule has 1 aliphatic heterocycles. The van der Waals surface area contributed by atoms with Gasteiger partial charge in [0, 0.05) is 11.5 Å². The molecule has 3 fully saturated rings. The number of rotatable bonds is 4. The SMILES string of the molecule is CC1(C(NC(=O)C2CCC3(C2)NC(=O)NC3=O)c2c(F)ccc(Cl)c2Cl)CCCC1. The molecule has 6 nitrogen and oxygen atoms in total. The number of hydrogen-bond acceptors (Lipinski definition) is 3. The lowest BCUT2D eigenvalue weighted by atomic mass is 9.76. The van der Waals surface area contributed by atoms with Gasteiger partial charge in [-0.2, -0.15) is 0 Å². The van der Waals surface area contributed by atoms with Gasteiger partial charge in [-0.3, -0.25) is 14.9 Å². The second-order valence-corrected chi connectivity index (χ2v) is 9.77. The number of nitrogens with one attached hydrogen (secondary N) is 3. The Morgan fingerprint density at radius 3 is 2.57 bits per heavy atom. The van der Waals surface area contributed by atoms with Crippen LogP contribution in [0.15, 0.2) is 12.1 Å². The van der Waals surface area contributed by atoms with E-state index in [1.165, 1.54) is 12.1 Å². The second-order valence-electron chi connectivity index (χ2n) is 8.99. The first-order chi connectivity index (χ1) is 14.2. The Kier molecular flexibility index (Phi) is 5.47. The molecule has 1 spiro atoms. The van der Waals surface area contributed by atoms with E-state index in [1.807, 2.05) is 6.92 Å². The molecule has 0 bridgehead atoms. The van der Waals surface area contributed by atoms with Crippen molar-refractivity contribution in [3.05, 3.63) is 33.6 Å². The molecule has 3 unspecified atom stereocenters. The Bertz CT molecular complexity index is 919. The molecule has 162 valence electrons. The van der Waals surface area contributed by atoms with Crippen molar-refractivity contribution in [2.45, 2.75) is 63.5 Å². The number of carbonyl (C=O) groups excluding carboxylic acids is 3. The number of imide groups is 1. The van der Waals surface area contributed by atoms with Crippen LogP contribution in [-0.2, 0) is 9.59 Å². The molecule has 0 aromatic heterocycles. The van der Waals surface area contributed by atoms with Gasteiger partial charge in [-0.25, -0.2) is 9.18 Å². The zero-order valence-electron chi connectivity index (χ0n) is 16.6. The summed E-state index contributed by atoms with van der Waals surface area (Å²) in [4.78, 5) is 37.0. The summed E-state index contributed by atoms with van der Waals surface area (Å²) in [6, 6.07) is 1.50. The third-order valence-corrected chi connectivity index (χ3v) is 7.82. The van der Waals surface area contributed by atoms with E-state index in [9.17, 15) is 18.8 Å². The third-order valence-electron chi connectivity index (χ3n) is 7.00. The van der Waals surface area contributed by atoms with Gasteiger partial charge in [-0.1, -0.05) is 43.0 Å². The van der Waals surface area contributed by atoms with Crippen LogP contribution >= 0.6 is 23.2 Å². The molecule has 9 heteroatoms. The van der Waals surface area contributed by atoms with Crippen LogP contribution in [0.3, 0.4) is 0 Å². The summed E-state index contributed by atoms with van der Waals surface area (Å²) in [6.07, 6.45) is 4.68. The molecule has 1 aromatic carbocycles. The van der Waals surface area contributed by atoms with Crippen molar-refractivity contribution in [1.29, 1.82) is 0 Å². The summed E-state index contributed by atoms with van der Waals surface area (Å²) in [5.41, 5.74) is -1.19. The number of halogens is 3. The molecule has 3 atom stereocenters. The first-order valence-corrected chi connectivity index (χ1v) is 11.0. The topological polar surface area (TPSA) is 87.3 Å². The lowest BCUT2D eigenvalue weighted by Crippen LogP contribution is -2.46. The average Bonchev–Trinajstić information content (AvgIpc) is 3.38. The molecular weight excluding hydrogens is 432 g/mol. The number of carbonyl (C=O) groups is 3. The van der Waals surface area contributed by atoms with Crippen molar-refractivity contribution < 1.29 is 18.8 Å². The number of benzene rings is 1. The van der Waals surface area contributed by atoms with Gasteiger partial charge in [0.1, 0.15) is 11.4 Å². The van der Waals surface area contributed by atoms with Crippen LogP contribution in [0.25, 0.3) is 0 Å². The molecule has 30 heavy (non-hydrogen) atoms. The number of urea groups is 1. The van der Waals surface area contributed by atoms with E-state index in [2.05, 4.69) is 16.0 Å². The average molecular weight is 456 g/mol. The van der Waals surface area contributed by atoms with E-state index in [1.54, 1.807) is 0 Å². The first-order valence-electron chi connectivity index (χ1n) is 10.2. The summed E-state index contributed by atoms with van der Waals surface area (Å²) in [7, 11) is 0. The van der Waals surface area contributed by atoms with Crippen molar-refractivity contribution >= 4 is 41.0 Å². The normalized spacial score (nSPS) is 28.5. The number of hydrogen-bond donors (Lipinski definition) is 3. The van der Waals surface area contributed by atoms with Gasteiger partial charge in [0.25, 0.3) is 5.91 Å². The molecule has 1 aromatic rings. The molecule has 1 heterocycles. The van der Waals surface area contributed by atoms with Crippen molar-refractivity contribution in [1.82, 2.24) is 16.0 Å². The van der Waals surface area contributed by atoms with E-state index in [0.717, 1.165) is 25.7 Å². The van der Waals surface area contributed by atoms with E-state index in [0.29, 0.717) is 12.8 Å². The fraction of sp³-hybridized carbons (Fsp3) is 0.571. The van der Waals surface area contributed by atoms with Gasteiger partial charge in [0.2, 0.25) is 5.91 Å². The minimum Gasteiger partial charge on any atom is -0.348 e. The Balaban J connectivity index is 1.61. The van der Waals surface area contributed by atoms with Crippen LogP contribution in [0.1, 0.15) is 63.5 Å². The highest BCUT2D eigenvalue weighted by atomic mass is 35.5. The quantitative estimate of drug-likeness (QED) is 0.468. The van der Waals surface area contributed by atoms with Crippen LogP contribution in [0.5, 0.6) is 0 Å². The van der Waals surface area contributed by atoms with Gasteiger partial charge in [0.05, 0.1) is 16.1 Å². The largest absolute Gasteiger partial charge is 0.348 e. The predicted molar refractivity (Wildman–Crippen MR) is 111 cm³/mol. The minimum absolute atomic E-state index is 0.111. The van der Waals surface area contributed by atoms with Crippen LogP contribution in [-0.4, -0.2) is 23.4 Å². The van der Waals surface area contributed by atoms with Gasteiger partial charge >= 0.3 is 6.03 Å². The molecule has 2 saturated carbocycles. The van der Waals surface area contributed by atoms with Crippen LogP contribution in [0, 0.1) is 17.2 Å². The summed E-state index contributed by atoms with van der Waals surface area (Å²) in [5.74, 6) is -1.64. The smallest absolute Gasteiger partial charge is 0.322 e. The summed E-state index contributed by atoms with van der Waals surface area (Å²) in [6.45, 7) is 2.03. The van der Waals surface area contributed by atoms with Gasteiger partial charge < -0.3 is 10.6 Å². The summed E-state index contributed by atoms with van der Waals surface area (Å²) in [5, 5.41) is 8.28. The minimum atomic E-state index is -1.04. The van der Waals surface area contributed by atoms with E-state index >= 15 is 0 Å². The van der Waals surface area contributed by atoms with Gasteiger partial charge in [0.15, 0.2) is 0 Å². The molecule has 4 amide bonds. The Morgan fingerprint density at radius 1 is 1.23 bits per heavy atom. The molecule has 3 N–H and O–H groups in total. The molecule has 3 aliphatic rings. The summed E-state index contributed by atoms with van der Waals surface area (Å²) >= 11 is 12.5. The molecule has 2 aliphatic carbocycles. The fourth-order valence-electron chi connectivity index (χ4n) is 5.25. The Morgan fingerprint density at radius 2 is 1.93 bits per heavy atom. The first kappa shape index (κ1) is 21.4.